The third-order valence-electron chi connectivity index (χ3n) is 4.04. The topological polar surface area (TPSA) is 118 Å². The fourth-order valence-electron chi connectivity index (χ4n) is 3.18. The van der Waals surface area contributed by atoms with Crippen molar-refractivity contribution in [3.05, 3.63) is 35.9 Å². The lowest BCUT2D eigenvalue weighted by molar-refractivity contribution is -0.162. The first-order chi connectivity index (χ1) is 9.41. The number of carboxylic acid groups (broad SMARTS) is 2. The molecule has 0 amide bonds. The van der Waals surface area contributed by atoms with Crippen LogP contribution < -0.4 is 0 Å². The van der Waals surface area contributed by atoms with E-state index in [4.69, 9.17) is 0 Å². The molecule has 7 nitrogen and oxygen atoms in total. The van der Waals surface area contributed by atoms with E-state index in [1.165, 1.54) is 12.1 Å². The van der Waals surface area contributed by atoms with Crippen LogP contribution in [0.4, 0.5) is 0 Å². The minimum Gasteiger partial charge on any atom is -0.480 e. The van der Waals surface area contributed by atoms with Gasteiger partial charge in [0.05, 0.1) is 0 Å². The van der Waals surface area contributed by atoms with Gasteiger partial charge in [0.15, 0.2) is 0 Å². The summed E-state index contributed by atoms with van der Waals surface area (Å²) in [7, 11) is 0. The molecule has 102 valence electrons. The molecule has 2 N–H and O–H groups in total. The highest BCUT2D eigenvalue weighted by atomic mass is 16.6. The van der Waals surface area contributed by atoms with Crippen LogP contribution in [0.25, 0.3) is 0 Å². The van der Waals surface area contributed by atoms with Gasteiger partial charge in [0.25, 0.3) is 0 Å². The standard InChI is InChI=1S/C13H8O7/c14-8(15)12-7(6-4-2-1-3-5-6)13(12,9(16)17)11(19)20-10(12)18/h1-5,7H,(H,14,15)(H,16,17). The number of cyclic esters (lactones) is 2. The molecule has 1 saturated carbocycles. The first kappa shape index (κ1) is 12.3. The molecule has 2 unspecified atom stereocenters. The molecule has 0 radical (unpaired) electrons. The second-order valence-electron chi connectivity index (χ2n) is 4.75. The molecule has 1 aliphatic carbocycles. The summed E-state index contributed by atoms with van der Waals surface area (Å²) in [5, 5.41) is 18.7. The number of rotatable bonds is 3. The van der Waals surface area contributed by atoms with Gasteiger partial charge in [-0.25, -0.2) is 0 Å². The normalized spacial score (nSPS) is 34.3. The number of benzene rings is 1. The van der Waals surface area contributed by atoms with E-state index in [1.807, 2.05) is 0 Å². The van der Waals surface area contributed by atoms with Gasteiger partial charge in [-0.1, -0.05) is 30.3 Å². The van der Waals surface area contributed by atoms with E-state index in [1.54, 1.807) is 18.2 Å². The molecule has 7 heteroatoms. The lowest BCUT2D eigenvalue weighted by Gasteiger charge is -2.08. The average Bonchev–Trinajstić information content (AvgIpc) is 2.99. The molecule has 0 spiro atoms. The van der Waals surface area contributed by atoms with Gasteiger partial charge < -0.3 is 14.9 Å². The second-order valence-corrected chi connectivity index (χ2v) is 4.75. The van der Waals surface area contributed by atoms with Crippen LogP contribution in [-0.2, 0) is 23.9 Å². The fraction of sp³-hybridized carbons (Fsp3) is 0.231. The maximum Gasteiger partial charge on any atom is 0.333 e. The van der Waals surface area contributed by atoms with E-state index in [-0.39, 0.29) is 0 Å². The van der Waals surface area contributed by atoms with E-state index in [9.17, 15) is 29.4 Å². The van der Waals surface area contributed by atoms with Crippen molar-refractivity contribution in [1.29, 1.82) is 0 Å². The lowest BCUT2D eigenvalue weighted by atomic mass is 9.95. The van der Waals surface area contributed by atoms with Crippen LogP contribution in [0.15, 0.2) is 30.3 Å². The van der Waals surface area contributed by atoms with Crippen molar-refractivity contribution < 1.29 is 34.1 Å². The molecule has 20 heavy (non-hydrogen) atoms. The Kier molecular flexibility index (Phi) is 2.12. The Morgan fingerprint density at radius 2 is 1.40 bits per heavy atom. The molecule has 0 bridgehead atoms. The van der Waals surface area contributed by atoms with Gasteiger partial charge in [-0.3, -0.25) is 19.2 Å². The Hall–Kier alpha value is -2.70. The quantitative estimate of drug-likeness (QED) is 0.589. The van der Waals surface area contributed by atoms with Crippen LogP contribution in [0.1, 0.15) is 11.5 Å². The van der Waals surface area contributed by atoms with E-state index < -0.39 is 40.6 Å². The van der Waals surface area contributed by atoms with E-state index in [2.05, 4.69) is 4.74 Å². The van der Waals surface area contributed by atoms with Crippen molar-refractivity contribution in [2.75, 3.05) is 0 Å². The fourth-order valence-corrected chi connectivity index (χ4v) is 3.18. The molecule has 1 saturated heterocycles. The Bertz CT molecular complexity index is 627. The summed E-state index contributed by atoms with van der Waals surface area (Å²) in [6, 6.07) is 7.77. The molecule has 2 atom stereocenters. The van der Waals surface area contributed by atoms with E-state index >= 15 is 0 Å². The van der Waals surface area contributed by atoms with Crippen molar-refractivity contribution >= 4 is 23.9 Å². The zero-order chi connectivity index (χ0) is 14.7. The zero-order valence-corrected chi connectivity index (χ0v) is 9.90. The van der Waals surface area contributed by atoms with Gasteiger partial charge in [-0.15, -0.1) is 0 Å². The third-order valence-corrected chi connectivity index (χ3v) is 4.04. The lowest BCUT2D eigenvalue weighted by Crippen LogP contribution is -2.31. The Labute approximate surface area is 111 Å². The molecule has 1 aromatic rings. The predicted octanol–water partition coefficient (Wildman–Crippen LogP) is 0.00920. The van der Waals surface area contributed by atoms with Gasteiger partial charge >= 0.3 is 23.9 Å². The number of hydrogen-bond acceptors (Lipinski definition) is 5. The molecule has 1 aromatic carbocycles. The maximum absolute atomic E-state index is 11.8. The van der Waals surface area contributed by atoms with Crippen LogP contribution in [-0.4, -0.2) is 34.1 Å². The summed E-state index contributed by atoms with van der Waals surface area (Å²) in [6.07, 6.45) is 0. The van der Waals surface area contributed by atoms with Crippen LogP contribution in [0.3, 0.4) is 0 Å². The average molecular weight is 276 g/mol. The van der Waals surface area contributed by atoms with E-state index in [0.717, 1.165) is 0 Å². The summed E-state index contributed by atoms with van der Waals surface area (Å²) in [4.78, 5) is 46.6. The summed E-state index contributed by atoms with van der Waals surface area (Å²) in [6.45, 7) is 0. The highest BCUT2D eigenvalue weighted by Crippen LogP contribution is 2.78. The van der Waals surface area contributed by atoms with Crippen molar-refractivity contribution in [3.8, 4) is 0 Å². The molecule has 1 heterocycles. The highest BCUT2D eigenvalue weighted by molar-refractivity contribution is 6.29. The molecule has 1 aliphatic heterocycles. The van der Waals surface area contributed by atoms with Crippen LogP contribution in [0.5, 0.6) is 0 Å². The number of carboxylic acids is 2. The summed E-state index contributed by atoms with van der Waals surface area (Å²) >= 11 is 0. The van der Waals surface area contributed by atoms with Crippen LogP contribution in [0.2, 0.25) is 0 Å². The number of aliphatic carboxylic acids is 2. The third kappa shape index (κ3) is 0.987. The summed E-state index contributed by atoms with van der Waals surface area (Å²) < 4.78 is 4.26. The first-order valence-corrected chi connectivity index (χ1v) is 5.70. The Balaban J connectivity index is 2.27. The molecular formula is C13H8O7. The molecule has 2 aliphatic rings. The first-order valence-electron chi connectivity index (χ1n) is 5.70. The van der Waals surface area contributed by atoms with E-state index in [0.29, 0.717) is 5.56 Å². The van der Waals surface area contributed by atoms with Crippen LogP contribution >= 0.6 is 0 Å². The highest BCUT2D eigenvalue weighted by Gasteiger charge is 2.98. The number of esters is 2. The number of carbonyl (C=O) groups excluding carboxylic acids is 2. The van der Waals surface area contributed by atoms with Crippen LogP contribution in [0, 0.1) is 10.8 Å². The van der Waals surface area contributed by atoms with Crippen molar-refractivity contribution in [3.63, 3.8) is 0 Å². The minimum atomic E-state index is -2.36. The zero-order valence-electron chi connectivity index (χ0n) is 9.90. The van der Waals surface area contributed by atoms with Gasteiger partial charge in [0.1, 0.15) is 0 Å². The minimum absolute atomic E-state index is 0.308. The second kappa shape index (κ2) is 3.44. The van der Waals surface area contributed by atoms with Gasteiger partial charge in [0, 0.05) is 5.92 Å². The largest absolute Gasteiger partial charge is 0.480 e. The maximum atomic E-state index is 11.8. The Morgan fingerprint density at radius 3 is 1.80 bits per heavy atom. The number of hydrogen-bond donors (Lipinski definition) is 2. The van der Waals surface area contributed by atoms with Gasteiger partial charge in [-0.05, 0) is 5.56 Å². The van der Waals surface area contributed by atoms with Gasteiger partial charge in [-0.2, -0.15) is 0 Å². The number of fused-ring (bicyclic) bond motifs is 1. The summed E-state index contributed by atoms with van der Waals surface area (Å²) in [5.74, 6) is -7.20. The summed E-state index contributed by atoms with van der Waals surface area (Å²) in [5.41, 5.74) is -4.42. The van der Waals surface area contributed by atoms with Crippen molar-refractivity contribution in [2.45, 2.75) is 5.92 Å². The Morgan fingerprint density at radius 1 is 0.950 bits per heavy atom. The molecule has 2 fully saturated rings. The monoisotopic (exact) mass is 276 g/mol. The predicted molar refractivity (Wildman–Crippen MR) is 60.4 cm³/mol. The van der Waals surface area contributed by atoms with Gasteiger partial charge in [0.2, 0.25) is 10.8 Å². The SMILES string of the molecule is O=C(O)C12C(=O)OC(=O)C1(C(=O)O)C2c1ccccc1. The van der Waals surface area contributed by atoms with Crippen molar-refractivity contribution in [2.24, 2.45) is 10.8 Å². The molecule has 0 aromatic heterocycles. The molecular weight excluding hydrogens is 268 g/mol. The number of ether oxygens (including phenoxy) is 1. The molecule has 3 rings (SSSR count). The number of carbonyl (C=O) groups is 4. The smallest absolute Gasteiger partial charge is 0.333 e. The van der Waals surface area contributed by atoms with Crippen molar-refractivity contribution in [1.82, 2.24) is 0 Å².